The fourth-order valence-electron chi connectivity index (χ4n) is 3.97. The van der Waals surface area contributed by atoms with Crippen molar-refractivity contribution in [2.45, 2.75) is 23.5 Å². The summed E-state index contributed by atoms with van der Waals surface area (Å²) in [6, 6.07) is 17.3. The quantitative estimate of drug-likeness (QED) is 0.485. The molecule has 33 heavy (non-hydrogen) atoms. The Hall–Kier alpha value is -2.52. The van der Waals surface area contributed by atoms with Crippen LogP contribution in [0.5, 0.6) is 0 Å². The molecule has 0 bridgehead atoms. The molecule has 1 fully saturated rings. The van der Waals surface area contributed by atoms with E-state index in [2.05, 4.69) is 0 Å². The maximum Gasteiger partial charge on any atom is 0.252 e. The Bertz CT molecular complexity index is 1280. The summed E-state index contributed by atoms with van der Waals surface area (Å²) in [5, 5.41) is 0.489. The van der Waals surface area contributed by atoms with Gasteiger partial charge in [-0.05, 0) is 48.7 Å². The maximum atomic E-state index is 13.2. The van der Waals surface area contributed by atoms with Gasteiger partial charge in [-0.1, -0.05) is 41.9 Å². The summed E-state index contributed by atoms with van der Waals surface area (Å²) in [5.74, 6) is -0.643. The Morgan fingerprint density at radius 2 is 1.70 bits per heavy atom. The summed E-state index contributed by atoms with van der Waals surface area (Å²) >= 11 is 7.44. The second-order valence-electron chi connectivity index (χ2n) is 7.98. The number of hydrogen-bond acceptors (Lipinski definition) is 5. The van der Waals surface area contributed by atoms with E-state index in [1.807, 2.05) is 18.2 Å². The number of primary amides is 1. The molecular weight excluding hydrogens is 480 g/mol. The number of amides is 1. The van der Waals surface area contributed by atoms with E-state index in [0.29, 0.717) is 54.1 Å². The highest BCUT2D eigenvalue weighted by molar-refractivity contribution is 7.91. The summed E-state index contributed by atoms with van der Waals surface area (Å²) < 4.78 is 28.1. The zero-order chi connectivity index (χ0) is 23.6. The number of sulfonamides is 1. The number of nitrogens with zero attached hydrogens (tertiary/aromatic N) is 1. The van der Waals surface area contributed by atoms with E-state index >= 15 is 0 Å². The molecule has 2 N–H and O–H groups in total. The van der Waals surface area contributed by atoms with Gasteiger partial charge in [-0.15, -0.1) is 11.3 Å². The highest BCUT2D eigenvalue weighted by Gasteiger charge is 2.33. The van der Waals surface area contributed by atoms with E-state index < -0.39 is 15.9 Å². The number of nitrogens with two attached hydrogens (primary N) is 1. The smallest absolute Gasteiger partial charge is 0.252 e. The van der Waals surface area contributed by atoms with Gasteiger partial charge in [0.05, 0.1) is 0 Å². The summed E-state index contributed by atoms with van der Waals surface area (Å²) in [4.78, 5) is 25.0. The largest absolute Gasteiger partial charge is 0.366 e. The van der Waals surface area contributed by atoms with Gasteiger partial charge in [0.2, 0.25) is 5.91 Å². The highest BCUT2D eigenvalue weighted by Crippen LogP contribution is 2.31. The van der Waals surface area contributed by atoms with Gasteiger partial charge in [-0.25, -0.2) is 8.42 Å². The van der Waals surface area contributed by atoms with Crippen molar-refractivity contribution in [3.63, 3.8) is 0 Å². The summed E-state index contributed by atoms with van der Waals surface area (Å²) in [6.07, 6.45) is 1.40. The van der Waals surface area contributed by atoms with Gasteiger partial charge in [-0.3, -0.25) is 9.59 Å². The Morgan fingerprint density at radius 1 is 1.00 bits per heavy atom. The molecule has 3 aromatic rings. The van der Waals surface area contributed by atoms with Crippen molar-refractivity contribution in [1.29, 1.82) is 0 Å². The van der Waals surface area contributed by atoms with E-state index in [1.54, 1.807) is 42.5 Å². The Kier molecular flexibility index (Phi) is 6.99. The Balaban J connectivity index is 1.44. The molecule has 0 unspecified atom stereocenters. The predicted molar refractivity (Wildman–Crippen MR) is 129 cm³/mol. The predicted octanol–water partition coefficient (Wildman–Crippen LogP) is 4.37. The fourth-order valence-corrected chi connectivity index (χ4v) is 7.15. The van der Waals surface area contributed by atoms with Crippen LogP contribution in [0.2, 0.25) is 5.02 Å². The number of hydrogen-bond donors (Lipinski definition) is 1. The number of carbonyl (C=O) groups excluding carboxylic acids is 2. The van der Waals surface area contributed by atoms with E-state index in [1.165, 1.54) is 15.6 Å². The van der Waals surface area contributed by atoms with E-state index in [-0.39, 0.29) is 15.9 Å². The zero-order valence-electron chi connectivity index (χ0n) is 17.7. The first-order valence-corrected chi connectivity index (χ1v) is 13.2. The first-order valence-electron chi connectivity index (χ1n) is 10.5. The second kappa shape index (κ2) is 9.77. The topological polar surface area (TPSA) is 97.5 Å². The number of benzene rings is 2. The normalized spacial score (nSPS) is 15.4. The van der Waals surface area contributed by atoms with Gasteiger partial charge in [0.25, 0.3) is 10.0 Å². The minimum Gasteiger partial charge on any atom is -0.366 e. The number of thiophene rings is 1. The van der Waals surface area contributed by atoms with Crippen LogP contribution in [0.15, 0.2) is 64.9 Å². The third kappa shape index (κ3) is 5.19. The minimum absolute atomic E-state index is 0.0705. The van der Waals surface area contributed by atoms with Gasteiger partial charge in [0, 0.05) is 46.5 Å². The molecule has 6 nitrogen and oxygen atoms in total. The van der Waals surface area contributed by atoms with Crippen LogP contribution in [-0.2, 0) is 16.4 Å². The number of ketones is 1. The van der Waals surface area contributed by atoms with Crippen molar-refractivity contribution in [3.05, 3.63) is 87.3 Å². The molecule has 172 valence electrons. The van der Waals surface area contributed by atoms with Crippen LogP contribution >= 0.6 is 22.9 Å². The van der Waals surface area contributed by atoms with Crippen LogP contribution in [-0.4, -0.2) is 37.5 Å². The Morgan fingerprint density at radius 3 is 2.36 bits per heavy atom. The lowest BCUT2D eigenvalue weighted by Gasteiger charge is -2.30. The average Bonchev–Trinajstić information content (AvgIpc) is 3.30. The molecule has 1 aliphatic rings. The van der Waals surface area contributed by atoms with E-state index in [4.69, 9.17) is 17.3 Å². The van der Waals surface area contributed by atoms with Crippen molar-refractivity contribution in [3.8, 4) is 0 Å². The zero-order valence-corrected chi connectivity index (χ0v) is 20.1. The van der Waals surface area contributed by atoms with Gasteiger partial charge in [-0.2, -0.15) is 4.31 Å². The van der Waals surface area contributed by atoms with Gasteiger partial charge in [0.15, 0.2) is 5.78 Å². The van der Waals surface area contributed by atoms with Crippen molar-refractivity contribution in [2.24, 2.45) is 11.7 Å². The molecule has 1 saturated heterocycles. The summed E-state index contributed by atoms with van der Waals surface area (Å²) in [6.45, 7) is 0.622. The van der Waals surface area contributed by atoms with Crippen LogP contribution in [0.3, 0.4) is 0 Å². The standard InChI is InChI=1S/C24H23ClN2O4S2/c25-21-8-6-18(24(26)29)14-19(21)15-20-7-9-22(32-20)33(30,31)27-12-10-17(11-13-27)23(28)16-4-2-1-3-5-16/h1-9,14,17H,10-13,15H2,(H2,26,29). The molecule has 0 atom stereocenters. The van der Waals surface area contributed by atoms with Crippen molar-refractivity contribution in [1.82, 2.24) is 4.31 Å². The summed E-state index contributed by atoms with van der Waals surface area (Å²) in [5.41, 5.74) is 7.07. The molecule has 0 aliphatic carbocycles. The van der Waals surface area contributed by atoms with Crippen LogP contribution in [0.4, 0.5) is 0 Å². The van der Waals surface area contributed by atoms with Crippen LogP contribution in [0.25, 0.3) is 0 Å². The molecule has 1 aliphatic heterocycles. The fraction of sp³-hybridized carbons (Fsp3) is 0.250. The SMILES string of the molecule is NC(=O)c1ccc(Cl)c(Cc2ccc(S(=O)(=O)N3CCC(C(=O)c4ccccc4)CC3)s2)c1. The molecule has 9 heteroatoms. The monoisotopic (exact) mass is 502 g/mol. The lowest BCUT2D eigenvalue weighted by atomic mass is 9.90. The van der Waals surface area contributed by atoms with E-state index in [0.717, 1.165) is 4.88 Å². The molecule has 2 aromatic carbocycles. The molecule has 0 spiro atoms. The molecule has 1 amide bonds. The highest BCUT2D eigenvalue weighted by atomic mass is 35.5. The third-order valence-electron chi connectivity index (χ3n) is 5.81. The van der Waals surface area contributed by atoms with Crippen LogP contribution in [0.1, 0.15) is 44.0 Å². The maximum absolute atomic E-state index is 13.2. The molecule has 0 radical (unpaired) electrons. The van der Waals surface area contributed by atoms with E-state index in [9.17, 15) is 18.0 Å². The molecular formula is C24H23ClN2O4S2. The van der Waals surface area contributed by atoms with Crippen LogP contribution < -0.4 is 5.73 Å². The molecule has 1 aromatic heterocycles. The van der Waals surface area contributed by atoms with Gasteiger partial charge >= 0.3 is 0 Å². The summed E-state index contributed by atoms with van der Waals surface area (Å²) in [7, 11) is -3.65. The second-order valence-corrected chi connectivity index (χ2v) is 11.7. The lowest BCUT2D eigenvalue weighted by molar-refractivity contribution is 0.0875. The van der Waals surface area contributed by atoms with Crippen molar-refractivity contribution < 1.29 is 18.0 Å². The first kappa shape index (κ1) is 23.6. The number of rotatable bonds is 7. The lowest BCUT2D eigenvalue weighted by Crippen LogP contribution is -2.40. The minimum atomic E-state index is -3.65. The molecule has 4 rings (SSSR count). The van der Waals surface area contributed by atoms with Crippen molar-refractivity contribution >= 4 is 44.7 Å². The third-order valence-corrected chi connectivity index (χ3v) is 9.63. The number of halogens is 1. The number of piperidine rings is 1. The number of Topliss-reactive ketones (excluding diaryl/α,β-unsaturated/α-hetero) is 1. The first-order chi connectivity index (χ1) is 15.8. The average molecular weight is 503 g/mol. The molecule has 0 saturated carbocycles. The number of carbonyl (C=O) groups is 2. The van der Waals surface area contributed by atoms with Crippen LogP contribution in [0, 0.1) is 5.92 Å². The van der Waals surface area contributed by atoms with Gasteiger partial charge in [0.1, 0.15) is 4.21 Å². The molecule has 2 heterocycles. The Labute approximate surface area is 202 Å². The van der Waals surface area contributed by atoms with Crippen molar-refractivity contribution in [2.75, 3.05) is 13.1 Å². The van der Waals surface area contributed by atoms with Gasteiger partial charge < -0.3 is 5.73 Å².